The van der Waals surface area contributed by atoms with Gasteiger partial charge in [-0.2, -0.15) is 13.2 Å². The van der Waals surface area contributed by atoms with E-state index in [1.807, 2.05) is 13.8 Å². The summed E-state index contributed by atoms with van der Waals surface area (Å²) in [5.74, 6) is -0.436. The third-order valence-corrected chi connectivity index (χ3v) is 8.63. The number of alkyl halides is 3. The van der Waals surface area contributed by atoms with Crippen molar-refractivity contribution in [1.29, 1.82) is 0 Å². The lowest BCUT2D eigenvalue weighted by Gasteiger charge is -2.22. The number of carbonyl (C=O) groups is 1. The van der Waals surface area contributed by atoms with Crippen molar-refractivity contribution in [2.24, 2.45) is 5.92 Å². The molecule has 0 radical (unpaired) electrons. The van der Waals surface area contributed by atoms with Crippen LogP contribution in [0, 0.1) is 5.92 Å². The summed E-state index contributed by atoms with van der Waals surface area (Å²) >= 11 is 0. The summed E-state index contributed by atoms with van der Waals surface area (Å²) in [6.45, 7) is 3.27. The van der Waals surface area contributed by atoms with Crippen molar-refractivity contribution in [3.8, 4) is 0 Å². The van der Waals surface area contributed by atoms with Gasteiger partial charge in [-0.15, -0.1) is 0 Å². The highest BCUT2D eigenvalue weighted by Gasteiger charge is 2.38. The smallest absolute Gasteiger partial charge is 0.344 e. The zero-order valence-electron chi connectivity index (χ0n) is 19.0. The first-order valence-corrected chi connectivity index (χ1v) is 13.5. The molecule has 1 amide bonds. The van der Waals surface area contributed by atoms with E-state index in [2.05, 4.69) is 4.72 Å². The molecule has 0 aliphatic heterocycles. The fourth-order valence-electron chi connectivity index (χ4n) is 3.35. The second-order valence-electron chi connectivity index (χ2n) is 7.64. The van der Waals surface area contributed by atoms with Gasteiger partial charge < -0.3 is 4.90 Å². The minimum Gasteiger partial charge on any atom is -0.344 e. The van der Waals surface area contributed by atoms with Gasteiger partial charge in [0.25, 0.3) is 0 Å². The number of carbonyl (C=O) groups excluding carboxylic acids is 1. The maximum absolute atomic E-state index is 13.6. The third kappa shape index (κ3) is 6.36. The average molecular weight is 521 g/mol. The molecular weight excluding hydrogens is 493 g/mol. The standard InChI is InChI=1S/C22H27F3N2O5S2/c1-4-16(5-2)21(28)27(3)14-13-26-34(31,32)20-15-18(11-12-19(20)22(23,24)25)33(29,30)17-9-7-6-8-10-17/h6-12,15-16,26H,4-5,13-14H2,1-3H3. The highest BCUT2D eigenvalue weighted by Crippen LogP contribution is 2.36. The number of nitrogens with one attached hydrogen (secondary N) is 1. The number of sulfonamides is 1. The minimum atomic E-state index is -5.04. The van der Waals surface area contributed by atoms with Crippen molar-refractivity contribution in [3.05, 3.63) is 54.1 Å². The Morgan fingerprint density at radius 3 is 2.09 bits per heavy atom. The Morgan fingerprint density at radius 1 is 0.971 bits per heavy atom. The van der Waals surface area contributed by atoms with Gasteiger partial charge in [-0.3, -0.25) is 4.79 Å². The van der Waals surface area contributed by atoms with Crippen LogP contribution in [-0.2, 0) is 30.8 Å². The van der Waals surface area contributed by atoms with Gasteiger partial charge in [-0.25, -0.2) is 21.6 Å². The van der Waals surface area contributed by atoms with E-state index in [-0.39, 0.29) is 29.8 Å². The number of hydrogen-bond donors (Lipinski definition) is 1. The fourth-order valence-corrected chi connectivity index (χ4v) is 6.00. The second-order valence-corrected chi connectivity index (χ2v) is 11.3. The number of nitrogens with zero attached hydrogens (tertiary/aromatic N) is 1. The molecule has 12 heteroatoms. The van der Waals surface area contributed by atoms with Gasteiger partial charge in [0.15, 0.2) is 0 Å². The van der Waals surface area contributed by atoms with E-state index < -0.39 is 41.4 Å². The molecule has 34 heavy (non-hydrogen) atoms. The molecular formula is C22H27F3N2O5S2. The summed E-state index contributed by atoms with van der Waals surface area (Å²) < 4.78 is 94.0. The lowest BCUT2D eigenvalue weighted by molar-refractivity contribution is -0.140. The van der Waals surface area contributed by atoms with Crippen molar-refractivity contribution in [2.45, 2.75) is 47.6 Å². The van der Waals surface area contributed by atoms with Gasteiger partial charge in [-0.05, 0) is 43.2 Å². The minimum absolute atomic E-state index is 0.0715. The molecule has 0 aliphatic rings. The van der Waals surface area contributed by atoms with Crippen molar-refractivity contribution >= 4 is 25.8 Å². The summed E-state index contributed by atoms with van der Waals surface area (Å²) in [4.78, 5) is 11.7. The molecule has 1 N–H and O–H groups in total. The largest absolute Gasteiger partial charge is 0.417 e. The molecule has 0 fully saturated rings. The number of hydrogen-bond acceptors (Lipinski definition) is 5. The number of rotatable bonds is 10. The maximum atomic E-state index is 13.6. The SMILES string of the molecule is CCC(CC)C(=O)N(C)CCNS(=O)(=O)c1cc(S(=O)(=O)c2ccccc2)ccc1C(F)(F)F. The van der Waals surface area contributed by atoms with Gasteiger partial charge in [-0.1, -0.05) is 32.0 Å². The Morgan fingerprint density at radius 2 is 1.56 bits per heavy atom. The number of benzene rings is 2. The van der Waals surface area contributed by atoms with E-state index >= 15 is 0 Å². The van der Waals surface area contributed by atoms with Crippen LogP contribution >= 0.6 is 0 Å². The molecule has 0 bridgehead atoms. The Labute approximate surface area is 197 Å². The predicted octanol–water partition coefficient (Wildman–Crippen LogP) is 3.71. The summed E-state index contributed by atoms with van der Waals surface area (Å²) in [5, 5.41) is 0. The molecule has 2 aromatic carbocycles. The molecule has 0 saturated heterocycles. The molecule has 0 saturated carbocycles. The topological polar surface area (TPSA) is 101 Å². The second kappa shape index (κ2) is 10.9. The fraction of sp³-hybridized carbons (Fsp3) is 0.409. The molecule has 0 aliphatic carbocycles. The van der Waals surface area contributed by atoms with E-state index in [0.717, 1.165) is 6.07 Å². The Kier molecular flexibility index (Phi) is 8.89. The lowest BCUT2D eigenvalue weighted by atomic mass is 10.0. The highest BCUT2D eigenvalue weighted by molar-refractivity contribution is 7.91. The molecule has 7 nitrogen and oxygen atoms in total. The van der Waals surface area contributed by atoms with Gasteiger partial charge in [0.2, 0.25) is 25.8 Å². The molecule has 0 aromatic heterocycles. The van der Waals surface area contributed by atoms with Crippen molar-refractivity contribution in [2.75, 3.05) is 20.1 Å². The zero-order valence-corrected chi connectivity index (χ0v) is 20.6. The molecule has 2 aromatic rings. The predicted molar refractivity (Wildman–Crippen MR) is 120 cm³/mol. The number of halogens is 3. The zero-order chi connectivity index (χ0) is 25.7. The number of likely N-dealkylation sites (N-methyl/N-ethyl adjacent to an activating group) is 1. The van der Waals surface area contributed by atoms with Crippen LogP contribution < -0.4 is 4.72 Å². The van der Waals surface area contributed by atoms with E-state index in [9.17, 15) is 34.8 Å². The van der Waals surface area contributed by atoms with Crippen molar-refractivity contribution in [3.63, 3.8) is 0 Å². The quantitative estimate of drug-likeness (QED) is 0.515. The van der Waals surface area contributed by atoms with Crippen LogP contribution in [0.4, 0.5) is 13.2 Å². The van der Waals surface area contributed by atoms with Crippen LogP contribution in [0.1, 0.15) is 32.3 Å². The molecule has 188 valence electrons. The summed E-state index contributed by atoms with van der Waals surface area (Å²) in [7, 11) is -7.55. The van der Waals surface area contributed by atoms with Crippen LogP contribution in [0.2, 0.25) is 0 Å². The average Bonchev–Trinajstić information content (AvgIpc) is 2.79. The van der Waals surface area contributed by atoms with Crippen LogP contribution in [-0.4, -0.2) is 47.8 Å². The third-order valence-electron chi connectivity index (χ3n) is 5.36. The van der Waals surface area contributed by atoms with Gasteiger partial charge in [0.05, 0.1) is 20.2 Å². The maximum Gasteiger partial charge on any atom is 0.417 e. The van der Waals surface area contributed by atoms with Gasteiger partial charge >= 0.3 is 6.18 Å². The Bertz CT molecular complexity index is 1210. The summed E-state index contributed by atoms with van der Waals surface area (Å²) in [5.41, 5.74) is -1.49. The summed E-state index contributed by atoms with van der Waals surface area (Å²) in [6, 6.07) is 8.63. The Balaban J connectivity index is 2.37. The van der Waals surface area contributed by atoms with E-state index in [4.69, 9.17) is 0 Å². The van der Waals surface area contributed by atoms with Crippen LogP contribution in [0.25, 0.3) is 0 Å². The van der Waals surface area contributed by atoms with E-state index in [0.29, 0.717) is 25.0 Å². The summed E-state index contributed by atoms with van der Waals surface area (Å²) in [6.07, 6.45) is -3.84. The first-order chi connectivity index (χ1) is 15.8. The first kappa shape index (κ1) is 27.8. The van der Waals surface area contributed by atoms with Crippen LogP contribution in [0.5, 0.6) is 0 Å². The van der Waals surface area contributed by atoms with Crippen molar-refractivity contribution < 1.29 is 34.8 Å². The Hall–Kier alpha value is -2.44. The monoisotopic (exact) mass is 520 g/mol. The number of sulfone groups is 1. The first-order valence-electron chi connectivity index (χ1n) is 10.5. The van der Waals surface area contributed by atoms with Crippen molar-refractivity contribution in [1.82, 2.24) is 9.62 Å². The van der Waals surface area contributed by atoms with Gasteiger partial charge in [0.1, 0.15) is 0 Å². The highest BCUT2D eigenvalue weighted by atomic mass is 32.2. The number of amides is 1. The van der Waals surface area contributed by atoms with Crippen LogP contribution in [0.15, 0.2) is 63.2 Å². The molecule has 0 unspecified atom stereocenters. The lowest BCUT2D eigenvalue weighted by Crippen LogP contribution is -2.39. The molecule has 0 heterocycles. The van der Waals surface area contributed by atoms with E-state index in [1.54, 1.807) is 6.07 Å². The van der Waals surface area contributed by atoms with E-state index in [1.165, 1.54) is 36.2 Å². The molecule has 0 spiro atoms. The normalized spacial score (nSPS) is 12.7. The van der Waals surface area contributed by atoms with Gasteiger partial charge in [0, 0.05) is 26.1 Å². The molecule has 2 rings (SSSR count). The van der Waals surface area contributed by atoms with Crippen LogP contribution in [0.3, 0.4) is 0 Å². The molecule has 0 atom stereocenters.